The van der Waals surface area contributed by atoms with E-state index in [2.05, 4.69) is 11.1 Å². The highest BCUT2D eigenvalue weighted by Crippen LogP contribution is 2.28. The van der Waals surface area contributed by atoms with Gasteiger partial charge in [0.15, 0.2) is 0 Å². The van der Waals surface area contributed by atoms with Gasteiger partial charge in [0, 0.05) is 11.1 Å². The van der Waals surface area contributed by atoms with Crippen molar-refractivity contribution in [2.75, 3.05) is 0 Å². The molecule has 0 aliphatic heterocycles. The summed E-state index contributed by atoms with van der Waals surface area (Å²) in [5.41, 5.74) is 2.00. The molecule has 0 amide bonds. The Labute approximate surface area is 143 Å². The zero-order chi connectivity index (χ0) is 18.0. The number of carboxylic acids is 1. The summed E-state index contributed by atoms with van der Waals surface area (Å²) >= 11 is 0. The van der Waals surface area contributed by atoms with E-state index in [0.717, 1.165) is 5.56 Å². The zero-order valence-electron chi connectivity index (χ0n) is 13.6. The van der Waals surface area contributed by atoms with Gasteiger partial charge < -0.3 is 13.9 Å². The molecule has 0 unspecified atom stereocenters. The fourth-order valence-corrected chi connectivity index (χ4v) is 2.34. The number of hydrogen-bond donors (Lipinski definition) is 1. The van der Waals surface area contributed by atoms with Gasteiger partial charge in [0.1, 0.15) is 28.9 Å². The lowest BCUT2D eigenvalue weighted by Crippen LogP contribution is -1.95. The highest BCUT2D eigenvalue weighted by Gasteiger charge is 2.13. The molecule has 0 fully saturated rings. The summed E-state index contributed by atoms with van der Waals surface area (Å²) in [7, 11) is 0. The molecule has 0 atom stereocenters. The second kappa shape index (κ2) is 6.49. The number of carbonyl (C=O) groups is 1. The Hall–Kier alpha value is -3.59. The van der Waals surface area contributed by atoms with Crippen LogP contribution in [0.1, 0.15) is 33.0 Å². The van der Waals surface area contributed by atoms with E-state index >= 15 is 0 Å². The molecule has 1 aromatic carbocycles. The van der Waals surface area contributed by atoms with E-state index < -0.39 is 5.97 Å². The number of aromatic carboxylic acids is 1. The van der Waals surface area contributed by atoms with Crippen molar-refractivity contribution in [3.63, 3.8) is 0 Å². The van der Waals surface area contributed by atoms with Crippen LogP contribution in [0.4, 0.5) is 5.88 Å². The van der Waals surface area contributed by atoms with E-state index in [1.807, 2.05) is 0 Å². The quantitative estimate of drug-likeness (QED) is 0.709. The second-order valence-corrected chi connectivity index (χ2v) is 5.42. The van der Waals surface area contributed by atoms with Crippen LogP contribution in [-0.4, -0.2) is 17.3 Å². The first-order valence-corrected chi connectivity index (χ1v) is 7.47. The summed E-state index contributed by atoms with van der Waals surface area (Å²) in [6.07, 6.45) is 1.46. The number of nitriles is 1. The molecule has 3 rings (SSSR count). The standard InChI is InChI=1S/C19H14N2O4/c1-11-12(2)24-18(16(11)9-20)21-10-15-6-7-17(25-15)13-4-3-5-14(8-13)19(22)23/h3-8,10H,1-2H3,(H,22,23)/b21-10+. The van der Waals surface area contributed by atoms with Crippen LogP contribution >= 0.6 is 0 Å². The Balaban J connectivity index is 1.88. The van der Waals surface area contributed by atoms with Gasteiger partial charge in [0.2, 0.25) is 5.88 Å². The second-order valence-electron chi connectivity index (χ2n) is 5.42. The molecule has 6 heteroatoms. The molecule has 6 nitrogen and oxygen atoms in total. The summed E-state index contributed by atoms with van der Waals surface area (Å²) in [5, 5.41) is 18.2. The molecule has 0 bridgehead atoms. The minimum atomic E-state index is -0.997. The van der Waals surface area contributed by atoms with Crippen molar-refractivity contribution in [2.24, 2.45) is 4.99 Å². The summed E-state index contributed by atoms with van der Waals surface area (Å²) in [6.45, 7) is 3.58. The third-order valence-corrected chi connectivity index (χ3v) is 3.81. The summed E-state index contributed by atoms with van der Waals surface area (Å²) in [5.74, 6) is 0.878. The van der Waals surface area contributed by atoms with Crippen molar-refractivity contribution in [3.8, 4) is 17.4 Å². The highest BCUT2D eigenvalue weighted by atomic mass is 16.4. The van der Waals surface area contributed by atoms with E-state index in [1.54, 1.807) is 38.1 Å². The number of rotatable bonds is 4. The fraction of sp³-hybridized carbons (Fsp3) is 0.105. The van der Waals surface area contributed by atoms with Crippen molar-refractivity contribution >= 4 is 18.1 Å². The molecular weight excluding hydrogens is 320 g/mol. The molecule has 0 radical (unpaired) electrons. The van der Waals surface area contributed by atoms with Crippen LogP contribution in [-0.2, 0) is 0 Å². The summed E-state index contributed by atoms with van der Waals surface area (Å²) in [6, 6.07) is 12.0. The molecule has 2 aromatic heterocycles. The monoisotopic (exact) mass is 334 g/mol. The van der Waals surface area contributed by atoms with Crippen LogP contribution < -0.4 is 0 Å². The predicted molar refractivity (Wildman–Crippen MR) is 91.3 cm³/mol. The topological polar surface area (TPSA) is 99.7 Å². The highest BCUT2D eigenvalue weighted by molar-refractivity contribution is 5.89. The van der Waals surface area contributed by atoms with Gasteiger partial charge in [-0.05, 0) is 38.1 Å². The first kappa shape index (κ1) is 16.3. The van der Waals surface area contributed by atoms with E-state index in [0.29, 0.717) is 28.4 Å². The van der Waals surface area contributed by atoms with Crippen LogP contribution in [0, 0.1) is 25.2 Å². The number of carboxylic acid groups (broad SMARTS) is 1. The summed E-state index contributed by atoms with van der Waals surface area (Å²) < 4.78 is 11.1. The number of aryl methyl sites for hydroxylation is 1. The molecule has 0 saturated heterocycles. The lowest BCUT2D eigenvalue weighted by molar-refractivity contribution is 0.0697. The molecule has 124 valence electrons. The van der Waals surface area contributed by atoms with Crippen molar-refractivity contribution in [1.82, 2.24) is 0 Å². The molecule has 0 aliphatic rings. The first-order chi connectivity index (χ1) is 12.0. The Morgan fingerprint density at radius 1 is 1.24 bits per heavy atom. The smallest absolute Gasteiger partial charge is 0.335 e. The Bertz CT molecular complexity index is 1020. The minimum Gasteiger partial charge on any atom is -0.478 e. The van der Waals surface area contributed by atoms with Gasteiger partial charge in [0.05, 0.1) is 11.8 Å². The number of aliphatic imine (C=N–C) groups is 1. The van der Waals surface area contributed by atoms with Gasteiger partial charge in [0.25, 0.3) is 0 Å². The Kier molecular flexibility index (Phi) is 4.23. The molecule has 0 aliphatic carbocycles. The third-order valence-electron chi connectivity index (χ3n) is 3.81. The number of furan rings is 2. The van der Waals surface area contributed by atoms with Gasteiger partial charge >= 0.3 is 5.97 Å². The lowest BCUT2D eigenvalue weighted by atomic mass is 10.1. The number of nitrogens with zero attached hydrogens (tertiary/aromatic N) is 2. The van der Waals surface area contributed by atoms with Crippen LogP contribution in [0.15, 0.2) is 50.2 Å². The third kappa shape index (κ3) is 3.21. The number of hydrogen-bond acceptors (Lipinski definition) is 5. The van der Waals surface area contributed by atoms with E-state index in [-0.39, 0.29) is 11.4 Å². The zero-order valence-corrected chi connectivity index (χ0v) is 13.6. The van der Waals surface area contributed by atoms with Gasteiger partial charge in [-0.2, -0.15) is 5.26 Å². The van der Waals surface area contributed by atoms with Crippen molar-refractivity contribution in [3.05, 3.63) is 64.6 Å². The van der Waals surface area contributed by atoms with Crippen LogP contribution in [0.3, 0.4) is 0 Å². The number of benzene rings is 1. The van der Waals surface area contributed by atoms with Crippen molar-refractivity contribution in [2.45, 2.75) is 13.8 Å². The lowest BCUT2D eigenvalue weighted by Gasteiger charge is -1.98. The molecule has 1 N–H and O–H groups in total. The summed E-state index contributed by atoms with van der Waals surface area (Å²) in [4.78, 5) is 15.2. The van der Waals surface area contributed by atoms with Gasteiger partial charge in [-0.1, -0.05) is 12.1 Å². The van der Waals surface area contributed by atoms with Crippen molar-refractivity contribution < 1.29 is 18.7 Å². The maximum Gasteiger partial charge on any atom is 0.335 e. The Morgan fingerprint density at radius 3 is 2.76 bits per heavy atom. The van der Waals surface area contributed by atoms with Gasteiger partial charge in [-0.15, -0.1) is 0 Å². The van der Waals surface area contributed by atoms with Gasteiger partial charge in [-0.25, -0.2) is 9.79 Å². The maximum absolute atomic E-state index is 11.1. The normalized spacial score (nSPS) is 10.9. The van der Waals surface area contributed by atoms with E-state index in [9.17, 15) is 10.1 Å². The van der Waals surface area contributed by atoms with E-state index in [4.69, 9.17) is 13.9 Å². The largest absolute Gasteiger partial charge is 0.478 e. The molecular formula is C19H14N2O4. The van der Waals surface area contributed by atoms with Crippen LogP contribution in [0.5, 0.6) is 0 Å². The molecule has 0 saturated carbocycles. The molecule has 0 spiro atoms. The molecule has 25 heavy (non-hydrogen) atoms. The van der Waals surface area contributed by atoms with Crippen molar-refractivity contribution in [1.29, 1.82) is 5.26 Å². The Morgan fingerprint density at radius 2 is 2.04 bits per heavy atom. The predicted octanol–water partition coefficient (Wildman–Crippen LogP) is 4.48. The SMILES string of the molecule is Cc1oc(/N=C/c2ccc(-c3cccc(C(=O)O)c3)o2)c(C#N)c1C. The average Bonchev–Trinajstić information content (AvgIpc) is 3.18. The average molecular weight is 334 g/mol. The minimum absolute atomic E-state index is 0.185. The van der Waals surface area contributed by atoms with E-state index in [1.165, 1.54) is 18.3 Å². The van der Waals surface area contributed by atoms with Crippen LogP contribution in [0.2, 0.25) is 0 Å². The van der Waals surface area contributed by atoms with Gasteiger partial charge in [-0.3, -0.25) is 0 Å². The molecule has 2 heterocycles. The van der Waals surface area contributed by atoms with Crippen LogP contribution in [0.25, 0.3) is 11.3 Å². The maximum atomic E-state index is 11.1. The molecule has 3 aromatic rings. The fourth-order valence-electron chi connectivity index (χ4n) is 2.34. The first-order valence-electron chi connectivity index (χ1n) is 7.47.